The third kappa shape index (κ3) is 4.04. The van der Waals surface area contributed by atoms with E-state index in [2.05, 4.69) is 18.9 Å². The molecule has 156 valence electrons. The van der Waals surface area contributed by atoms with Crippen molar-refractivity contribution < 1.29 is 10.0 Å². The topological polar surface area (TPSA) is 107 Å². The molecule has 0 bridgehead atoms. The lowest BCUT2D eigenvalue weighted by Gasteiger charge is -2.17. The molecule has 8 heteroatoms. The minimum Gasteiger partial charge on any atom is -0.507 e. The van der Waals surface area contributed by atoms with Crippen LogP contribution < -0.4 is 5.73 Å². The van der Waals surface area contributed by atoms with Crippen molar-refractivity contribution in [2.75, 3.05) is 0 Å². The van der Waals surface area contributed by atoms with Gasteiger partial charge >= 0.3 is 0 Å². The summed E-state index contributed by atoms with van der Waals surface area (Å²) < 4.78 is 1.41. The maximum Gasteiger partial charge on any atom is 0.269 e. The van der Waals surface area contributed by atoms with Crippen molar-refractivity contribution in [2.45, 2.75) is 39.5 Å². The third-order valence-corrected chi connectivity index (χ3v) is 5.19. The van der Waals surface area contributed by atoms with Crippen molar-refractivity contribution in [3.05, 3.63) is 63.7 Å². The fourth-order valence-electron chi connectivity index (χ4n) is 3.28. The van der Waals surface area contributed by atoms with Crippen LogP contribution in [0.4, 0.5) is 5.69 Å². The monoisotopic (exact) mass is 424 g/mol. The molecule has 0 saturated heterocycles. The van der Waals surface area contributed by atoms with Crippen LogP contribution in [0.15, 0.2) is 42.5 Å². The molecule has 3 aromatic rings. The van der Waals surface area contributed by atoms with Gasteiger partial charge in [0.15, 0.2) is 5.11 Å². The number of non-ortho nitro benzene ring substituents is 1. The number of hydrogen-bond acceptors (Lipinski definition) is 5. The van der Waals surface area contributed by atoms with Crippen LogP contribution in [0.2, 0.25) is 0 Å². The fraction of sp³-hybridized carbons (Fsp3) is 0.273. The van der Waals surface area contributed by atoms with Gasteiger partial charge in [-0.1, -0.05) is 33.8 Å². The Morgan fingerprint density at radius 2 is 1.77 bits per heavy atom. The molecule has 0 atom stereocenters. The minimum atomic E-state index is -0.453. The van der Waals surface area contributed by atoms with Gasteiger partial charge in [0.05, 0.1) is 16.3 Å². The summed E-state index contributed by atoms with van der Waals surface area (Å²) in [5, 5.41) is 26.5. The average molecular weight is 425 g/mol. The molecular weight excluding hydrogens is 400 g/mol. The SMILES string of the molecule is CC(C)c1cc(-c2cc(-c3ccc([N+](=O)[O-])cc3)nn2C(N)=S)c(O)c(C(C)C)c1. The second-order valence-corrected chi connectivity index (χ2v) is 8.20. The van der Waals surface area contributed by atoms with Gasteiger partial charge in [0.2, 0.25) is 0 Å². The Morgan fingerprint density at radius 1 is 1.13 bits per heavy atom. The number of phenolic OH excluding ortho intramolecular Hbond substituents is 1. The van der Waals surface area contributed by atoms with E-state index in [0.717, 1.165) is 11.1 Å². The van der Waals surface area contributed by atoms with Gasteiger partial charge in [0, 0.05) is 23.3 Å². The van der Waals surface area contributed by atoms with Gasteiger partial charge in [-0.2, -0.15) is 5.10 Å². The fourth-order valence-corrected chi connectivity index (χ4v) is 3.42. The van der Waals surface area contributed by atoms with E-state index >= 15 is 0 Å². The smallest absolute Gasteiger partial charge is 0.269 e. The maximum atomic E-state index is 11.0. The van der Waals surface area contributed by atoms with E-state index in [4.69, 9.17) is 18.0 Å². The summed E-state index contributed by atoms with van der Waals surface area (Å²) in [6.07, 6.45) is 0. The molecule has 0 amide bonds. The van der Waals surface area contributed by atoms with Gasteiger partial charge in [-0.05, 0) is 59.4 Å². The average Bonchev–Trinajstić information content (AvgIpc) is 3.13. The number of nitrogens with zero attached hydrogens (tertiary/aromatic N) is 3. The van der Waals surface area contributed by atoms with Crippen molar-refractivity contribution in [1.29, 1.82) is 0 Å². The Morgan fingerprint density at radius 3 is 2.27 bits per heavy atom. The van der Waals surface area contributed by atoms with Crippen LogP contribution in [0.1, 0.15) is 50.7 Å². The molecule has 7 nitrogen and oxygen atoms in total. The quantitative estimate of drug-likeness (QED) is 0.332. The predicted octanol–water partition coefficient (Wildman–Crippen LogP) is 5.17. The second kappa shape index (κ2) is 8.23. The Hall–Kier alpha value is -3.26. The molecule has 0 aliphatic carbocycles. The predicted molar refractivity (Wildman–Crippen MR) is 122 cm³/mol. The van der Waals surface area contributed by atoms with E-state index in [1.165, 1.54) is 16.8 Å². The molecule has 1 aromatic heterocycles. The van der Waals surface area contributed by atoms with Crippen molar-refractivity contribution in [3.8, 4) is 28.3 Å². The third-order valence-electron chi connectivity index (χ3n) is 5.02. The molecule has 0 fully saturated rings. The van der Waals surface area contributed by atoms with Crippen molar-refractivity contribution >= 4 is 23.0 Å². The molecule has 0 aliphatic heterocycles. The summed E-state index contributed by atoms with van der Waals surface area (Å²) in [4.78, 5) is 10.5. The zero-order valence-corrected chi connectivity index (χ0v) is 18.1. The number of rotatable bonds is 5. The summed E-state index contributed by atoms with van der Waals surface area (Å²) in [5.41, 5.74) is 10.2. The number of phenols is 1. The van der Waals surface area contributed by atoms with Gasteiger partial charge in [-0.3, -0.25) is 10.1 Å². The van der Waals surface area contributed by atoms with Gasteiger partial charge < -0.3 is 10.8 Å². The number of hydrogen-bond donors (Lipinski definition) is 2. The van der Waals surface area contributed by atoms with Crippen LogP contribution in [0, 0.1) is 10.1 Å². The summed E-state index contributed by atoms with van der Waals surface area (Å²) in [5.74, 6) is 0.553. The highest BCUT2D eigenvalue weighted by Crippen LogP contribution is 2.40. The lowest BCUT2D eigenvalue weighted by molar-refractivity contribution is -0.384. The highest BCUT2D eigenvalue weighted by Gasteiger charge is 2.21. The van der Waals surface area contributed by atoms with Crippen LogP contribution >= 0.6 is 12.2 Å². The van der Waals surface area contributed by atoms with E-state index in [-0.39, 0.29) is 28.4 Å². The lowest BCUT2D eigenvalue weighted by Crippen LogP contribution is -2.21. The first-order valence-electron chi connectivity index (χ1n) is 9.62. The molecule has 3 rings (SSSR count). The Bertz CT molecular complexity index is 1120. The number of thiocarbonyl (C=S) groups is 1. The zero-order valence-electron chi connectivity index (χ0n) is 17.3. The summed E-state index contributed by atoms with van der Waals surface area (Å²) in [7, 11) is 0. The lowest BCUT2D eigenvalue weighted by atomic mass is 9.91. The van der Waals surface area contributed by atoms with E-state index < -0.39 is 4.92 Å². The van der Waals surface area contributed by atoms with Crippen LogP contribution in [-0.2, 0) is 0 Å². The van der Waals surface area contributed by atoms with Crippen molar-refractivity contribution in [3.63, 3.8) is 0 Å². The van der Waals surface area contributed by atoms with Gasteiger partial charge in [0.25, 0.3) is 5.69 Å². The molecule has 1 heterocycles. The molecule has 0 saturated carbocycles. The second-order valence-electron chi connectivity index (χ2n) is 7.78. The Labute approximate surface area is 180 Å². The number of aromatic hydroxyl groups is 1. The number of nitro groups is 1. The van der Waals surface area contributed by atoms with Crippen molar-refractivity contribution in [1.82, 2.24) is 9.78 Å². The van der Waals surface area contributed by atoms with Gasteiger partial charge in [0.1, 0.15) is 5.75 Å². The largest absolute Gasteiger partial charge is 0.507 e. The highest BCUT2D eigenvalue weighted by atomic mass is 32.1. The first-order chi connectivity index (χ1) is 14.1. The summed E-state index contributed by atoms with van der Waals surface area (Å²) in [6, 6.07) is 11.8. The van der Waals surface area contributed by atoms with Gasteiger partial charge in [-0.25, -0.2) is 4.68 Å². The van der Waals surface area contributed by atoms with Crippen molar-refractivity contribution in [2.24, 2.45) is 5.73 Å². The number of nitrogens with two attached hydrogens (primary N) is 1. The maximum absolute atomic E-state index is 11.0. The van der Waals surface area contributed by atoms with Crippen LogP contribution in [0.5, 0.6) is 5.75 Å². The summed E-state index contributed by atoms with van der Waals surface area (Å²) in [6.45, 7) is 8.23. The van der Waals surface area contributed by atoms with E-state index in [1.54, 1.807) is 18.2 Å². The molecule has 0 unspecified atom stereocenters. The van der Waals surface area contributed by atoms with E-state index in [0.29, 0.717) is 22.5 Å². The summed E-state index contributed by atoms with van der Waals surface area (Å²) >= 11 is 5.19. The standard InChI is InChI=1S/C22H24N4O3S/c1-12(2)15-9-17(13(3)4)21(27)18(10-15)20-11-19(24-25(20)22(23)30)14-5-7-16(8-6-14)26(28)29/h5-13,27H,1-4H3,(H2,23,30). The first kappa shape index (κ1) is 21.4. The molecule has 3 N–H and O–H groups in total. The van der Waals surface area contributed by atoms with E-state index in [1.807, 2.05) is 26.0 Å². The number of benzene rings is 2. The molecular formula is C22H24N4O3S. The van der Waals surface area contributed by atoms with Gasteiger partial charge in [-0.15, -0.1) is 0 Å². The van der Waals surface area contributed by atoms with Crippen LogP contribution in [-0.4, -0.2) is 24.9 Å². The molecule has 0 aliphatic rings. The zero-order chi connectivity index (χ0) is 22.2. The highest BCUT2D eigenvalue weighted by molar-refractivity contribution is 7.80. The normalized spacial score (nSPS) is 11.3. The molecule has 0 radical (unpaired) electrons. The molecule has 2 aromatic carbocycles. The first-order valence-corrected chi connectivity index (χ1v) is 10.0. The molecule has 30 heavy (non-hydrogen) atoms. The number of nitro benzene ring substituents is 1. The van der Waals surface area contributed by atoms with Crippen LogP contribution in [0.25, 0.3) is 22.5 Å². The van der Waals surface area contributed by atoms with E-state index in [9.17, 15) is 15.2 Å². The Balaban J connectivity index is 2.21. The van der Waals surface area contributed by atoms with Crippen LogP contribution in [0.3, 0.4) is 0 Å². The molecule has 0 spiro atoms. The number of aromatic nitrogens is 2. The Kier molecular flexibility index (Phi) is 5.89. The minimum absolute atomic E-state index is 0.00314.